The van der Waals surface area contributed by atoms with Crippen LogP contribution in [-0.4, -0.2) is 30.4 Å². The molecule has 3 rings (SSSR count). The van der Waals surface area contributed by atoms with Crippen LogP contribution in [0.15, 0.2) is 40.5 Å². The van der Waals surface area contributed by atoms with E-state index in [1.165, 1.54) is 30.2 Å². The molecule has 1 saturated heterocycles. The van der Waals surface area contributed by atoms with Crippen molar-refractivity contribution >= 4 is 17.2 Å². The van der Waals surface area contributed by atoms with Crippen LogP contribution in [0.5, 0.6) is 0 Å². The van der Waals surface area contributed by atoms with E-state index in [4.69, 9.17) is 4.42 Å². The molecule has 1 N–H and O–H groups in total. The maximum absolute atomic E-state index is 12.1. The predicted molar refractivity (Wildman–Crippen MR) is 88.1 cm³/mol. The summed E-state index contributed by atoms with van der Waals surface area (Å²) in [5.41, 5.74) is 0.581. The lowest BCUT2D eigenvalue weighted by molar-refractivity contribution is 0.0914. The molecule has 22 heavy (non-hydrogen) atoms. The van der Waals surface area contributed by atoms with Gasteiger partial charge in [0.05, 0.1) is 17.9 Å². The van der Waals surface area contributed by atoms with Crippen molar-refractivity contribution in [2.75, 3.05) is 19.6 Å². The van der Waals surface area contributed by atoms with E-state index >= 15 is 0 Å². The molecule has 3 heterocycles. The molecular formula is C17H22N2O2S. The van der Waals surface area contributed by atoms with Gasteiger partial charge in [-0.3, -0.25) is 9.69 Å². The summed E-state index contributed by atoms with van der Waals surface area (Å²) in [4.78, 5) is 16.0. The van der Waals surface area contributed by atoms with Gasteiger partial charge in [0.1, 0.15) is 6.26 Å². The van der Waals surface area contributed by atoms with E-state index in [1.807, 2.05) is 0 Å². The Morgan fingerprint density at radius 2 is 2.27 bits per heavy atom. The summed E-state index contributed by atoms with van der Waals surface area (Å²) < 4.78 is 4.97. The fourth-order valence-electron chi connectivity index (χ4n) is 2.92. The van der Waals surface area contributed by atoms with E-state index in [0.717, 1.165) is 19.0 Å². The van der Waals surface area contributed by atoms with Crippen molar-refractivity contribution in [2.45, 2.75) is 25.8 Å². The van der Waals surface area contributed by atoms with Crippen LogP contribution in [0.3, 0.4) is 0 Å². The number of carbonyl (C=O) groups is 1. The largest absolute Gasteiger partial charge is 0.472 e. The number of hydrogen-bond acceptors (Lipinski definition) is 4. The van der Waals surface area contributed by atoms with Gasteiger partial charge in [0, 0.05) is 11.4 Å². The molecule has 1 fully saturated rings. The quantitative estimate of drug-likeness (QED) is 0.917. The number of hydrogen-bond donors (Lipinski definition) is 1. The Labute approximate surface area is 135 Å². The predicted octanol–water partition coefficient (Wildman–Crippen LogP) is 3.54. The molecule has 118 valence electrons. The van der Waals surface area contributed by atoms with Gasteiger partial charge in [-0.15, -0.1) is 11.3 Å². The highest BCUT2D eigenvalue weighted by atomic mass is 32.1. The smallest absolute Gasteiger partial charge is 0.254 e. The first-order chi connectivity index (χ1) is 10.7. The van der Waals surface area contributed by atoms with Crippen molar-refractivity contribution in [1.82, 2.24) is 10.2 Å². The fourth-order valence-corrected chi connectivity index (χ4v) is 3.78. The third-order valence-electron chi connectivity index (χ3n) is 4.37. The van der Waals surface area contributed by atoms with E-state index in [0.29, 0.717) is 12.1 Å². The van der Waals surface area contributed by atoms with Gasteiger partial charge < -0.3 is 9.73 Å². The van der Waals surface area contributed by atoms with E-state index in [-0.39, 0.29) is 11.9 Å². The second kappa shape index (κ2) is 7.11. The summed E-state index contributed by atoms with van der Waals surface area (Å²) in [6.45, 7) is 5.16. The molecule has 1 amide bonds. The Hall–Kier alpha value is -1.59. The van der Waals surface area contributed by atoms with Crippen molar-refractivity contribution in [1.29, 1.82) is 0 Å². The Morgan fingerprint density at radius 3 is 2.91 bits per heavy atom. The Bertz CT molecular complexity index is 572. The van der Waals surface area contributed by atoms with E-state index in [1.54, 1.807) is 17.4 Å². The molecule has 1 atom stereocenters. The minimum Gasteiger partial charge on any atom is -0.472 e. The van der Waals surface area contributed by atoms with Gasteiger partial charge in [-0.1, -0.05) is 13.0 Å². The van der Waals surface area contributed by atoms with Gasteiger partial charge in [0.25, 0.3) is 5.91 Å². The molecule has 0 aromatic carbocycles. The van der Waals surface area contributed by atoms with Crippen LogP contribution < -0.4 is 5.32 Å². The van der Waals surface area contributed by atoms with Crippen molar-refractivity contribution in [3.05, 3.63) is 46.5 Å². The lowest BCUT2D eigenvalue weighted by atomic mass is 9.97. The highest BCUT2D eigenvalue weighted by molar-refractivity contribution is 7.10. The topological polar surface area (TPSA) is 45.5 Å². The summed E-state index contributed by atoms with van der Waals surface area (Å²) in [7, 11) is 0. The van der Waals surface area contributed by atoms with Gasteiger partial charge in [-0.25, -0.2) is 0 Å². The number of nitrogens with one attached hydrogen (secondary N) is 1. The Morgan fingerprint density at radius 1 is 1.45 bits per heavy atom. The third kappa shape index (κ3) is 3.59. The molecular weight excluding hydrogens is 296 g/mol. The summed E-state index contributed by atoms with van der Waals surface area (Å²) >= 11 is 1.76. The van der Waals surface area contributed by atoms with Gasteiger partial charge in [-0.05, 0) is 49.4 Å². The molecule has 2 aromatic rings. The lowest BCUT2D eigenvalue weighted by Crippen LogP contribution is -2.41. The average Bonchev–Trinajstić information content (AvgIpc) is 3.22. The maximum Gasteiger partial charge on any atom is 0.254 e. The van der Waals surface area contributed by atoms with Crippen LogP contribution in [0.1, 0.15) is 41.0 Å². The number of carbonyl (C=O) groups excluding carboxylic acids is 1. The van der Waals surface area contributed by atoms with E-state index < -0.39 is 0 Å². The van der Waals surface area contributed by atoms with Crippen molar-refractivity contribution in [3.8, 4) is 0 Å². The molecule has 0 radical (unpaired) electrons. The van der Waals surface area contributed by atoms with Crippen LogP contribution in [-0.2, 0) is 0 Å². The minimum absolute atomic E-state index is 0.0688. The van der Waals surface area contributed by atoms with Crippen molar-refractivity contribution in [2.24, 2.45) is 5.92 Å². The first-order valence-electron chi connectivity index (χ1n) is 7.82. The maximum atomic E-state index is 12.1. The molecule has 0 aliphatic carbocycles. The van der Waals surface area contributed by atoms with Crippen LogP contribution in [0, 0.1) is 5.92 Å². The van der Waals surface area contributed by atoms with Crippen LogP contribution in [0.4, 0.5) is 0 Å². The summed E-state index contributed by atoms with van der Waals surface area (Å²) in [5.74, 6) is 0.737. The van der Waals surface area contributed by atoms with Gasteiger partial charge >= 0.3 is 0 Å². The number of furan rings is 1. The lowest BCUT2D eigenvalue weighted by Gasteiger charge is -2.36. The SMILES string of the molecule is CC1CCN([C@H](CNC(=O)c2ccoc2)c2cccs2)CC1. The van der Waals surface area contributed by atoms with Crippen molar-refractivity contribution in [3.63, 3.8) is 0 Å². The zero-order valence-corrected chi connectivity index (χ0v) is 13.6. The molecule has 0 unspecified atom stereocenters. The normalized spacial score (nSPS) is 18.2. The Kier molecular flexibility index (Phi) is 4.95. The first kappa shape index (κ1) is 15.3. The highest BCUT2D eigenvalue weighted by Gasteiger charge is 2.25. The van der Waals surface area contributed by atoms with Crippen LogP contribution in [0.25, 0.3) is 0 Å². The van der Waals surface area contributed by atoms with Gasteiger partial charge in [-0.2, -0.15) is 0 Å². The summed E-state index contributed by atoms with van der Waals surface area (Å²) in [6.07, 6.45) is 5.48. The zero-order chi connectivity index (χ0) is 15.4. The van der Waals surface area contributed by atoms with Gasteiger partial charge in [0.2, 0.25) is 0 Å². The molecule has 4 nitrogen and oxygen atoms in total. The second-order valence-electron chi connectivity index (χ2n) is 5.97. The number of likely N-dealkylation sites (tertiary alicyclic amines) is 1. The molecule has 5 heteroatoms. The molecule has 1 aliphatic heterocycles. The number of rotatable bonds is 5. The van der Waals surface area contributed by atoms with Crippen molar-refractivity contribution < 1.29 is 9.21 Å². The van der Waals surface area contributed by atoms with E-state index in [9.17, 15) is 4.79 Å². The first-order valence-corrected chi connectivity index (χ1v) is 8.70. The molecule has 0 bridgehead atoms. The molecule has 1 aliphatic rings. The minimum atomic E-state index is -0.0688. The number of thiophene rings is 1. The summed E-state index contributed by atoms with van der Waals surface area (Å²) in [6, 6.07) is 6.20. The number of nitrogens with zero attached hydrogens (tertiary/aromatic N) is 1. The third-order valence-corrected chi connectivity index (χ3v) is 5.34. The molecule has 2 aromatic heterocycles. The zero-order valence-electron chi connectivity index (χ0n) is 12.8. The van der Waals surface area contributed by atoms with Crippen LogP contribution in [0.2, 0.25) is 0 Å². The number of amides is 1. The van der Waals surface area contributed by atoms with Crippen LogP contribution >= 0.6 is 11.3 Å². The monoisotopic (exact) mass is 318 g/mol. The number of piperidine rings is 1. The van der Waals surface area contributed by atoms with Gasteiger partial charge in [0.15, 0.2) is 0 Å². The fraction of sp³-hybridized carbons (Fsp3) is 0.471. The average molecular weight is 318 g/mol. The van der Waals surface area contributed by atoms with E-state index in [2.05, 4.69) is 34.7 Å². The highest BCUT2D eigenvalue weighted by Crippen LogP contribution is 2.29. The second-order valence-corrected chi connectivity index (χ2v) is 6.95. The molecule has 0 spiro atoms. The summed E-state index contributed by atoms with van der Waals surface area (Å²) in [5, 5.41) is 5.15. The molecule has 0 saturated carbocycles. The Balaban J connectivity index is 1.65. The standard InChI is InChI=1S/C17H22N2O2S/c1-13-4-7-19(8-5-13)15(16-3-2-10-22-16)11-18-17(20)14-6-9-21-12-14/h2-3,6,9-10,12-13,15H,4-5,7-8,11H2,1H3,(H,18,20)/t15-/m1/s1.